The van der Waals surface area contributed by atoms with Crippen LogP contribution in [0.1, 0.15) is 20.3 Å². The van der Waals surface area contributed by atoms with Gasteiger partial charge in [0.1, 0.15) is 0 Å². The number of benzene rings is 1. The molecule has 0 atom stereocenters. The molecular formula is C13H19BrN2O. The molecule has 3 nitrogen and oxygen atoms in total. The van der Waals surface area contributed by atoms with Crippen molar-refractivity contribution in [3.8, 4) is 0 Å². The Morgan fingerprint density at radius 1 is 1.24 bits per heavy atom. The summed E-state index contributed by atoms with van der Waals surface area (Å²) in [6, 6.07) is 7.95. The maximum atomic E-state index is 11.7. The predicted molar refractivity (Wildman–Crippen MR) is 75.2 cm³/mol. The Labute approximate surface area is 111 Å². The molecule has 0 heterocycles. The second kappa shape index (κ2) is 7.33. The molecule has 0 radical (unpaired) electrons. The lowest BCUT2D eigenvalue weighted by molar-refractivity contribution is -0.130. The van der Waals surface area contributed by atoms with Crippen molar-refractivity contribution in [2.75, 3.05) is 25.0 Å². The minimum absolute atomic E-state index is 0.208. The van der Waals surface area contributed by atoms with Crippen LogP contribution in [0.2, 0.25) is 0 Å². The van der Waals surface area contributed by atoms with Crippen molar-refractivity contribution in [1.29, 1.82) is 0 Å². The van der Waals surface area contributed by atoms with E-state index in [-0.39, 0.29) is 5.91 Å². The van der Waals surface area contributed by atoms with E-state index in [2.05, 4.69) is 21.2 Å². The fraction of sp³-hybridized carbons (Fsp3) is 0.462. The Kier molecular flexibility index (Phi) is 6.05. The average molecular weight is 299 g/mol. The summed E-state index contributed by atoms with van der Waals surface area (Å²) in [7, 11) is 0. The first-order valence-electron chi connectivity index (χ1n) is 5.94. The smallest absolute Gasteiger partial charge is 0.224 e. The molecule has 1 rings (SSSR count). The third kappa shape index (κ3) is 4.77. The van der Waals surface area contributed by atoms with E-state index < -0.39 is 0 Å². The van der Waals surface area contributed by atoms with E-state index in [4.69, 9.17) is 0 Å². The van der Waals surface area contributed by atoms with Gasteiger partial charge in [-0.05, 0) is 38.1 Å². The lowest BCUT2D eigenvalue weighted by Gasteiger charge is -2.18. The van der Waals surface area contributed by atoms with Gasteiger partial charge in [-0.2, -0.15) is 0 Å². The van der Waals surface area contributed by atoms with Crippen molar-refractivity contribution in [3.05, 3.63) is 28.7 Å². The van der Waals surface area contributed by atoms with E-state index in [1.807, 2.05) is 43.0 Å². The molecule has 0 aliphatic heterocycles. The first-order valence-corrected chi connectivity index (χ1v) is 6.73. The maximum Gasteiger partial charge on any atom is 0.224 e. The first kappa shape index (κ1) is 14.0. The van der Waals surface area contributed by atoms with E-state index in [0.29, 0.717) is 13.0 Å². The summed E-state index contributed by atoms with van der Waals surface area (Å²) in [5.74, 6) is 0.208. The summed E-state index contributed by atoms with van der Waals surface area (Å²) in [4.78, 5) is 13.6. The Morgan fingerprint density at radius 2 is 1.82 bits per heavy atom. The van der Waals surface area contributed by atoms with Gasteiger partial charge in [0, 0.05) is 36.2 Å². The molecule has 17 heavy (non-hydrogen) atoms. The molecule has 0 aliphatic carbocycles. The highest BCUT2D eigenvalue weighted by Gasteiger charge is 2.08. The van der Waals surface area contributed by atoms with Gasteiger partial charge < -0.3 is 10.2 Å². The van der Waals surface area contributed by atoms with Crippen molar-refractivity contribution in [3.63, 3.8) is 0 Å². The Bertz CT molecular complexity index is 347. The molecule has 94 valence electrons. The number of rotatable bonds is 6. The number of hydrogen-bond acceptors (Lipinski definition) is 2. The minimum atomic E-state index is 0.208. The molecule has 0 unspecified atom stereocenters. The topological polar surface area (TPSA) is 32.3 Å². The predicted octanol–water partition coefficient (Wildman–Crippen LogP) is 3.12. The van der Waals surface area contributed by atoms with Gasteiger partial charge in [0.25, 0.3) is 0 Å². The number of hydrogen-bond donors (Lipinski definition) is 1. The average Bonchev–Trinajstić information content (AvgIpc) is 2.33. The molecule has 1 N–H and O–H groups in total. The second-order valence-corrected chi connectivity index (χ2v) is 4.67. The van der Waals surface area contributed by atoms with E-state index in [0.717, 1.165) is 23.2 Å². The molecule has 1 amide bonds. The molecule has 0 saturated heterocycles. The molecule has 1 aromatic carbocycles. The molecule has 0 saturated carbocycles. The van der Waals surface area contributed by atoms with Gasteiger partial charge in [0.05, 0.1) is 0 Å². The van der Waals surface area contributed by atoms with E-state index in [1.54, 1.807) is 0 Å². The molecular weight excluding hydrogens is 280 g/mol. The molecule has 0 fully saturated rings. The summed E-state index contributed by atoms with van der Waals surface area (Å²) in [5.41, 5.74) is 1.04. The Balaban J connectivity index is 2.32. The minimum Gasteiger partial charge on any atom is -0.385 e. The zero-order chi connectivity index (χ0) is 12.7. The SMILES string of the molecule is CCN(CC)C(=O)CCNc1ccc(Br)cc1. The van der Waals surface area contributed by atoms with Gasteiger partial charge in [0.15, 0.2) is 0 Å². The summed E-state index contributed by atoms with van der Waals surface area (Å²) in [6.45, 7) is 6.26. The summed E-state index contributed by atoms with van der Waals surface area (Å²) in [5, 5.41) is 3.24. The summed E-state index contributed by atoms with van der Waals surface area (Å²) >= 11 is 3.39. The largest absolute Gasteiger partial charge is 0.385 e. The zero-order valence-corrected chi connectivity index (χ0v) is 12.0. The summed E-state index contributed by atoms with van der Waals surface area (Å²) in [6.07, 6.45) is 0.539. The van der Waals surface area contributed by atoms with Crippen LogP contribution in [0.5, 0.6) is 0 Å². The van der Waals surface area contributed by atoms with Crippen LogP contribution in [-0.2, 0) is 4.79 Å². The number of carbonyl (C=O) groups is 1. The molecule has 4 heteroatoms. The molecule has 0 aromatic heterocycles. The quantitative estimate of drug-likeness (QED) is 0.875. The van der Waals surface area contributed by atoms with Gasteiger partial charge in [-0.25, -0.2) is 0 Å². The van der Waals surface area contributed by atoms with Crippen LogP contribution in [0.15, 0.2) is 28.7 Å². The highest BCUT2D eigenvalue weighted by atomic mass is 79.9. The highest BCUT2D eigenvalue weighted by molar-refractivity contribution is 9.10. The van der Waals surface area contributed by atoms with Gasteiger partial charge >= 0.3 is 0 Å². The van der Waals surface area contributed by atoms with E-state index >= 15 is 0 Å². The number of amides is 1. The lowest BCUT2D eigenvalue weighted by Crippen LogP contribution is -2.31. The van der Waals surface area contributed by atoms with Crippen LogP contribution in [0.4, 0.5) is 5.69 Å². The van der Waals surface area contributed by atoms with Crippen LogP contribution < -0.4 is 5.32 Å². The zero-order valence-electron chi connectivity index (χ0n) is 10.4. The number of anilines is 1. The normalized spacial score (nSPS) is 10.1. The number of nitrogens with zero attached hydrogens (tertiary/aromatic N) is 1. The van der Waals surface area contributed by atoms with Crippen molar-refractivity contribution in [2.24, 2.45) is 0 Å². The highest BCUT2D eigenvalue weighted by Crippen LogP contribution is 2.13. The summed E-state index contributed by atoms with van der Waals surface area (Å²) < 4.78 is 1.06. The van der Waals surface area contributed by atoms with E-state index in [1.165, 1.54) is 0 Å². The van der Waals surface area contributed by atoms with Gasteiger partial charge in [-0.1, -0.05) is 15.9 Å². The fourth-order valence-corrected chi connectivity index (χ4v) is 1.88. The third-order valence-electron chi connectivity index (χ3n) is 2.63. The van der Waals surface area contributed by atoms with Gasteiger partial charge in [-0.3, -0.25) is 4.79 Å². The number of nitrogens with one attached hydrogen (secondary N) is 1. The molecule has 1 aromatic rings. The molecule has 0 bridgehead atoms. The van der Waals surface area contributed by atoms with Crippen molar-refractivity contribution >= 4 is 27.5 Å². The molecule has 0 spiro atoms. The lowest BCUT2D eigenvalue weighted by atomic mass is 10.3. The monoisotopic (exact) mass is 298 g/mol. The van der Waals surface area contributed by atoms with Crippen LogP contribution in [0, 0.1) is 0 Å². The fourth-order valence-electron chi connectivity index (χ4n) is 1.62. The van der Waals surface area contributed by atoms with Crippen molar-refractivity contribution < 1.29 is 4.79 Å². The van der Waals surface area contributed by atoms with Crippen LogP contribution in [0.25, 0.3) is 0 Å². The number of halogens is 1. The van der Waals surface area contributed by atoms with Crippen LogP contribution in [0.3, 0.4) is 0 Å². The number of carbonyl (C=O) groups excluding carboxylic acids is 1. The molecule has 0 aliphatic rings. The van der Waals surface area contributed by atoms with E-state index in [9.17, 15) is 4.79 Å². The van der Waals surface area contributed by atoms with Crippen LogP contribution in [-0.4, -0.2) is 30.4 Å². The Hall–Kier alpha value is -1.03. The van der Waals surface area contributed by atoms with Crippen molar-refractivity contribution in [2.45, 2.75) is 20.3 Å². The Morgan fingerprint density at radius 3 is 2.35 bits per heavy atom. The standard InChI is InChI=1S/C13H19BrN2O/c1-3-16(4-2)13(17)9-10-15-12-7-5-11(14)6-8-12/h5-8,15H,3-4,9-10H2,1-2H3. The first-order chi connectivity index (χ1) is 8.17. The van der Waals surface area contributed by atoms with Crippen molar-refractivity contribution in [1.82, 2.24) is 4.90 Å². The van der Waals surface area contributed by atoms with Crippen LogP contribution >= 0.6 is 15.9 Å². The third-order valence-corrected chi connectivity index (χ3v) is 3.16. The maximum absolute atomic E-state index is 11.7. The van der Waals surface area contributed by atoms with Gasteiger partial charge in [-0.15, -0.1) is 0 Å². The van der Waals surface area contributed by atoms with Gasteiger partial charge in [0.2, 0.25) is 5.91 Å². The second-order valence-electron chi connectivity index (χ2n) is 3.75.